The van der Waals surface area contributed by atoms with Crippen molar-refractivity contribution in [3.8, 4) is 0 Å². The number of benzene rings is 1. The second kappa shape index (κ2) is 9.23. The van der Waals surface area contributed by atoms with Crippen molar-refractivity contribution in [1.29, 1.82) is 0 Å². The number of methoxy groups -OCH3 is 1. The number of thioether (sulfide) groups is 1. The van der Waals surface area contributed by atoms with E-state index in [0.717, 1.165) is 34.1 Å². The second-order valence-electron chi connectivity index (χ2n) is 7.57. The Bertz CT molecular complexity index is 987. The molecule has 31 heavy (non-hydrogen) atoms. The van der Waals surface area contributed by atoms with Crippen molar-refractivity contribution in [3.63, 3.8) is 0 Å². The lowest BCUT2D eigenvalue weighted by Crippen LogP contribution is -2.41. The summed E-state index contributed by atoms with van der Waals surface area (Å²) in [6.45, 7) is 2.17. The Labute approximate surface area is 194 Å². The molecule has 4 rings (SSSR count). The maximum Gasteiger partial charge on any atom is 0.409 e. The summed E-state index contributed by atoms with van der Waals surface area (Å²) in [6.07, 6.45) is 3.08. The molecule has 1 aromatic heterocycles. The molecule has 1 spiro atoms. The molecule has 1 atom stereocenters. The van der Waals surface area contributed by atoms with Crippen LogP contribution < -0.4 is 16.0 Å². The molecule has 0 saturated carbocycles. The van der Waals surface area contributed by atoms with Gasteiger partial charge in [0.05, 0.1) is 17.5 Å². The Balaban J connectivity index is 1.52. The van der Waals surface area contributed by atoms with Gasteiger partial charge in [-0.3, -0.25) is 10.2 Å². The van der Waals surface area contributed by atoms with E-state index < -0.39 is 0 Å². The van der Waals surface area contributed by atoms with Gasteiger partial charge in [-0.15, -0.1) is 11.8 Å². The molecule has 2 aromatic rings. The number of hydrogen-bond donors (Lipinski definition) is 2. The van der Waals surface area contributed by atoms with E-state index in [0.29, 0.717) is 36.3 Å². The Kier molecular flexibility index (Phi) is 6.61. The van der Waals surface area contributed by atoms with Crippen LogP contribution in [0.25, 0.3) is 0 Å². The van der Waals surface area contributed by atoms with Crippen molar-refractivity contribution < 1.29 is 14.3 Å². The summed E-state index contributed by atoms with van der Waals surface area (Å²) >= 11 is 9.41. The SMILES string of the molecule is COC(=O)N1CCC2(C1)CN(C(=O)Nc1ncc(SCCCN)s1)c1ccc(Cl)cc12. The van der Waals surface area contributed by atoms with Gasteiger partial charge in [0, 0.05) is 41.5 Å². The molecule has 3 amide bonds. The number of nitrogens with zero attached hydrogens (tertiary/aromatic N) is 3. The number of halogens is 1. The van der Waals surface area contributed by atoms with Crippen LogP contribution in [-0.2, 0) is 10.2 Å². The third kappa shape index (κ3) is 4.48. The molecular weight excluding hydrogens is 458 g/mol. The van der Waals surface area contributed by atoms with Gasteiger partial charge >= 0.3 is 12.1 Å². The van der Waals surface area contributed by atoms with Crippen LogP contribution >= 0.6 is 34.7 Å². The van der Waals surface area contributed by atoms with E-state index in [9.17, 15) is 9.59 Å². The number of rotatable bonds is 5. The summed E-state index contributed by atoms with van der Waals surface area (Å²) in [7, 11) is 1.38. The molecule has 1 aromatic carbocycles. The van der Waals surface area contributed by atoms with Crippen molar-refractivity contribution in [2.75, 3.05) is 49.3 Å². The zero-order valence-corrected chi connectivity index (χ0v) is 19.5. The van der Waals surface area contributed by atoms with Crippen LogP contribution in [0.5, 0.6) is 0 Å². The fourth-order valence-electron chi connectivity index (χ4n) is 4.13. The number of carbonyl (C=O) groups excluding carboxylic acids is 2. The molecule has 3 heterocycles. The minimum absolute atomic E-state index is 0.246. The molecule has 1 saturated heterocycles. The Hall–Kier alpha value is -2.01. The highest BCUT2D eigenvalue weighted by molar-refractivity contribution is 8.01. The molecule has 2 aliphatic heterocycles. The van der Waals surface area contributed by atoms with E-state index >= 15 is 0 Å². The summed E-state index contributed by atoms with van der Waals surface area (Å²) in [4.78, 5) is 32.9. The first kappa shape index (κ1) is 22.2. The van der Waals surface area contributed by atoms with Gasteiger partial charge < -0.3 is 15.4 Å². The van der Waals surface area contributed by atoms with Crippen LogP contribution in [0.4, 0.5) is 20.4 Å². The zero-order valence-electron chi connectivity index (χ0n) is 17.1. The third-order valence-electron chi connectivity index (χ3n) is 5.60. The molecule has 8 nitrogen and oxygen atoms in total. The van der Waals surface area contributed by atoms with Gasteiger partial charge in [0.2, 0.25) is 0 Å². The van der Waals surface area contributed by atoms with Crippen LogP contribution in [0.15, 0.2) is 28.6 Å². The van der Waals surface area contributed by atoms with E-state index in [1.165, 1.54) is 18.4 Å². The summed E-state index contributed by atoms with van der Waals surface area (Å²) in [5.41, 5.74) is 6.97. The number of carbonyl (C=O) groups is 2. The highest BCUT2D eigenvalue weighted by Gasteiger charge is 2.50. The first-order valence-corrected chi connectivity index (χ1v) is 12.1. The molecule has 0 bridgehead atoms. The predicted octanol–water partition coefficient (Wildman–Crippen LogP) is 4.00. The molecule has 3 N–H and O–H groups in total. The van der Waals surface area contributed by atoms with E-state index in [-0.39, 0.29) is 17.5 Å². The van der Waals surface area contributed by atoms with Crippen molar-refractivity contribution in [3.05, 3.63) is 35.0 Å². The van der Waals surface area contributed by atoms with Gasteiger partial charge in [-0.05, 0) is 43.1 Å². The van der Waals surface area contributed by atoms with Crippen molar-refractivity contribution >= 4 is 57.6 Å². The molecule has 1 unspecified atom stereocenters. The highest BCUT2D eigenvalue weighted by Crippen LogP contribution is 2.47. The van der Waals surface area contributed by atoms with Crippen molar-refractivity contribution in [1.82, 2.24) is 9.88 Å². The van der Waals surface area contributed by atoms with E-state index in [1.54, 1.807) is 33.8 Å². The third-order valence-corrected chi connectivity index (χ3v) is 8.03. The lowest BCUT2D eigenvalue weighted by molar-refractivity contribution is 0.131. The number of hydrogen-bond acceptors (Lipinski definition) is 7. The average molecular weight is 482 g/mol. The number of nitrogens with one attached hydrogen (secondary N) is 1. The standard InChI is InChI=1S/C20H24ClN5O3S2/c1-29-19(28)25-7-5-20(11-25)12-26(15-4-3-13(21)9-14(15)20)18(27)24-17-23-10-16(31-17)30-8-2-6-22/h3-4,9-10H,2,5-8,11-12,22H2,1H3,(H,23,24,27). The lowest BCUT2D eigenvalue weighted by atomic mass is 9.81. The molecule has 11 heteroatoms. The quantitative estimate of drug-likeness (QED) is 0.494. The molecule has 166 valence electrons. The number of thiazole rings is 1. The lowest BCUT2D eigenvalue weighted by Gasteiger charge is -2.25. The fourth-order valence-corrected chi connectivity index (χ4v) is 6.20. The minimum atomic E-state index is -0.363. The number of fused-ring (bicyclic) bond motifs is 2. The molecule has 0 radical (unpaired) electrons. The maximum atomic E-state index is 13.2. The van der Waals surface area contributed by atoms with Gasteiger partial charge in [-0.1, -0.05) is 22.9 Å². The molecule has 0 aliphatic carbocycles. The monoisotopic (exact) mass is 481 g/mol. The van der Waals surface area contributed by atoms with Gasteiger partial charge in [0.15, 0.2) is 5.13 Å². The van der Waals surface area contributed by atoms with Crippen molar-refractivity contribution in [2.24, 2.45) is 5.73 Å². The molecule has 1 fully saturated rings. The number of ether oxygens (including phenoxy) is 1. The second-order valence-corrected chi connectivity index (χ2v) is 10.4. The van der Waals surface area contributed by atoms with Gasteiger partial charge in [0.25, 0.3) is 0 Å². The summed E-state index contributed by atoms with van der Waals surface area (Å²) in [6, 6.07) is 5.30. The fraction of sp³-hybridized carbons (Fsp3) is 0.450. The van der Waals surface area contributed by atoms with E-state index in [2.05, 4.69) is 10.3 Å². The van der Waals surface area contributed by atoms with Gasteiger partial charge in [-0.2, -0.15) is 0 Å². The molecular formula is C20H24ClN5O3S2. The number of nitrogens with two attached hydrogens (primary N) is 1. The largest absolute Gasteiger partial charge is 0.453 e. The first-order valence-electron chi connectivity index (χ1n) is 9.96. The van der Waals surface area contributed by atoms with Crippen LogP contribution in [0.2, 0.25) is 5.02 Å². The number of anilines is 2. The van der Waals surface area contributed by atoms with Crippen LogP contribution in [0, 0.1) is 0 Å². The van der Waals surface area contributed by atoms with Crippen LogP contribution in [0.3, 0.4) is 0 Å². The minimum Gasteiger partial charge on any atom is -0.453 e. The average Bonchev–Trinajstić information content (AvgIpc) is 3.47. The Morgan fingerprint density at radius 3 is 3.03 bits per heavy atom. The zero-order chi connectivity index (χ0) is 22.0. The first-order chi connectivity index (χ1) is 15.0. The van der Waals surface area contributed by atoms with Gasteiger partial charge in [0.1, 0.15) is 0 Å². The summed E-state index contributed by atoms with van der Waals surface area (Å²) in [5.74, 6) is 0.922. The Morgan fingerprint density at radius 1 is 1.42 bits per heavy atom. The summed E-state index contributed by atoms with van der Waals surface area (Å²) in [5, 5.41) is 4.08. The normalized spacial score (nSPS) is 19.7. The highest BCUT2D eigenvalue weighted by atomic mass is 35.5. The number of urea groups is 1. The predicted molar refractivity (Wildman–Crippen MR) is 125 cm³/mol. The number of likely N-dealkylation sites (tertiary alicyclic amines) is 1. The smallest absolute Gasteiger partial charge is 0.409 e. The van der Waals surface area contributed by atoms with E-state index in [4.69, 9.17) is 22.1 Å². The van der Waals surface area contributed by atoms with E-state index in [1.807, 2.05) is 12.1 Å². The summed E-state index contributed by atoms with van der Waals surface area (Å²) < 4.78 is 5.93. The number of aromatic nitrogens is 1. The number of amides is 3. The Morgan fingerprint density at radius 2 is 2.26 bits per heavy atom. The maximum absolute atomic E-state index is 13.2. The van der Waals surface area contributed by atoms with Crippen LogP contribution in [0.1, 0.15) is 18.4 Å². The van der Waals surface area contributed by atoms with Crippen molar-refractivity contribution in [2.45, 2.75) is 22.5 Å². The molecule has 2 aliphatic rings. The van der Waals surface area contributed by atoms with Gasteiger partial charge in [-0.25, -0.2) is 14.6 Å². The van der Waals surface area contributed by atoms with Crippen LogP contribution in [-0.4, -0.2) is 61.0 Å². The topological polar surface area (TPSA) is 101 Å².